The first-order valence-electron chi connectivity index (χ1n) is 3.76. The molecule has 0 fully saturated rings. The number of carboxylic acid groups (broad SMARTS) is 1. The van der Waals surface area contributed by atoms with Crippen molar-refractivity contribution in [3.05, 3.63) is 44.0 Å². The topological polar surface area (TPSA) is 133 Å². The van der Waals surface area contributed by atoms with Crippen molar-refractivity contribution in [2.45, 2.75) is 0 Å². The van der Waals surface area contributed by atoms with E-state index in [9.17, 15) is 25.0 Å². The number of carboxylic acids is 1. The second-order valence-corrected chi connectivity index (χ2v) is 2.53. The standard InChI is InChI=1S/C7H4N2O7.Sr.2H/c10-7(11)4-2-1-3-5(8(12)13)6(4)16-9(14)15;;;/h1-3H,(H,10,11);;;/q;+2;2*-1. The molecule has 0 aliphatic carbocycles. The number of hydrogen-bond acceptors (Lipinski definition) is 6. The molecule has 9 nitrogen and oxygen atoms in total. The molecule has 0 saturated carbocycles. The van der Waals surface area contributed by atoms with E-state index in [2.05, 4.69) is 4.84 Å². The number of aromatic carboxylic acids is 1. The van der Waals surface area contributed by atoms with Crippen LogP contribution in [0.15, 0.2) is 18.2 Å². The van der Waals surface area contributed by atoms with Crippen LogP contribution in [0.1, 0.15) is 13.2 Å². The van der Waals surface area contributed by atoms with Gasteiger partial charge in [-0.25, -0.2) is 4.79 Å². The zero-order chi connectivity index (χ0) is 12.3. The molecule has 10 heteroatoms. The van der Waals surface area contributed by atoms with Crippen molar-refractivity contribution < 1.29 is 27.6 Å². The number of benzene rings is 1. The first kappa shape index (κ1) is 15.8. The molecule has 1 aromatic rings. The average molecular weight is 318 g/mol. The van der Waals surface area contributed by atoms with Crippen molar-refractivity contribution in [1.29, 1.82) is 0 Å². The van der Waals surface area contributed by atoms with E-state index in [-0.39, 0.29) is 48.3 Å². The van der Waals surface area contributed by atoms with Crippen molar-refractivity contribution in [2.24, 2.45) is 0 Å². The van der Waals surface area contributed by atoms with E-state index in [0.29, 0.717) is 0 Å². The van der Waals surface area contributed by atoms with E-state index in [1.807, 2.05) is 0 Å². The summed E-state index contributed by atoms with van der Waals surface area (Å²) < 4.78 is 0. The Balaban J connectivity index is -0.000000853. The number of nitrogens with zero attached hydrogens (tertiary/aromatic N) is 2. The molecule has 17 heavy (non-hydrogen) atoms. The van der Waals surface area contributed by atoms with Gasteiger partial charge in [0.2, 0.25) is 5.75 Å². The molecule has 0 aromatic heterocycles. The monoisotopic (exact) mass is 318 g/mol. The van der Waals surface area contributed by atoms with E-state index in [1.165, 1.54) is 0 Å². The molecule has 0 saturated heterocycles. The Morgan fingerprint density at radius 1 is 1.35 bits per heavy atom. The second-order valence-electron chi connectivity index (χ2n) is 2.53. The van der Waals surface area contributed by atoms with E-state index < -0.39 is 33.0 Å². The minimum atomic E-state index is -1.56. The maximum Gasteiger partial charge on any atom is 2.00 e. The Kier molecular flexibility index (Phi) is 6.02. The van der Waals surface area contributed by atoms with E-state index in [4.69, 9.17) is 5.11 Å². The fraction of sp³-hybridized carbons (Fsp3) is 0. The molecule has 1 N–H and O–H groups in total. The molecule has 0 bridgehead atoms. The van der Waals surface area contributed by atoms with Crippen LogP contribution in [-0.4, -0.2) is 66.6 Å². The van der Waals surface area contributed by atoms with Crippen LogP contribution in [0, 0.1) is 20.2 Å². The number of nitro groups is 1. The summed E-state index contributed by atoms with van der Waals surface area (Å²) >= 11 is 0. The van der Waals surface area contributed by atoms with Gasteiger partial charge in [0.05, 0.1) is 10.5 Å². The fourth-order valence-corrected chi connectivity index (χ4v) is 1.01. The van der Waals surface area contributed by atoms with Crippen molar-refractivity contribution in [2.75, 3.05) is 0 Å². The molecule has 0 amide bonds. The number of hydrogen-bond donors (Lipinski definition) is 1. The van der Waals surface area contributed by atoms with Gasteiger partial charge < -0.3 is 7.96 Å². The zero-order valence-electron chi connectivity index (χ0n) is 10.2. The number of carbonyl (C=O) groups is 1. The summed E-state index contributed by atoms with van der Waals surface area (Å²) in [4.78, 5) is 34.2. The van der Waals surface area contributed by atoms with Crippen LogP contribution in [0.4, 0.5) is 5.69 Å². The van der Waals surface area contributed by atoms with Gasteiger partial charge in [-0.05, 0) is 6.07 Å². The van der Waals surface area contributed by atoms with E-state index in [0.717, 1.165) is 18.2 Å². The zero-order valence-corrected chi connectivity index (χ0v) is 11.7. The third kappa shape index (κ3) is 3.93. The quantitative estimate of drug-likeness (QED) is 0.491. The summed E-state index contributed by atoms with van der Waals surface area (Å²) in [5, 5.41) is 27.9. The van der Waals surface area contributed by atoms with Crippen molar-refractivity contribution in [3.8, 4) is 5.75 Å². The van der Waals surface area contributed by atoms with Gasteiger partial charge in [0, 0.05) is 6.07 Å². The third-order valence-corrected chi connectivity index (χ3v) is 1.59. The summed E-state index contributed by atoms with van der Waals surface area (Å²) in [5.41, 5.74) is -1.43. The van der Waals surface area contributed by atoms with Crippen molar-refractivity contribution >= 4 is 57.1 Å². The van der Waals surface area contributed by atoms with E-state index >= 15 is 0 Å². The van der Waals surface area contributed by atoms with Crippen LogP contribution in [0.5, 0.6) is 5.75 Å². The van der Waals surface area contributed by atoms with Crippen LogP contribution in [-0.2, 0) is 0 Å². The largest absolute Gasteiger partial charge is 2.00 e. The van der Waals surface area contributed by atoms with Gasteiger partial charge in [0.15, 0.2) is 0 Å². The van der Waals surface area contributed by atoms with Crippen LogP contribution in [0.25, 0.3) is 0 Å². The van der Waals surface area contributed by atoms with Gasteiger partial charge >= 0.3 is 51.5 Å². The predicted octanol–water partition coefficient (Wildman–Crippen LogP) is 0.708. The Bertz CT molecular complexity index is 452. The van der Waals surface area contributed by atoms with Crippen LogP contribution >= 0.6 is 0 Å². The number of rotatable bonds is 4. The van der Waals surface area contributed by atoms with Gasteiger partial charge in [-0.2, -0.15) is 0 Å². The molecular formula is C7H6N2O7Sr. The molecule has 0 heterocycles. The first-order valence-corrected chi connectivity index (χ1v) is 3.76. The van der Waals surface area contributed by atoms with Crippen molar-refractivity contribution in [1.82, 2.24) is 0 Å². The minimum absolute atomic E-state index is 0. The maximum atomic E-state index is 10.7. The predicted molar refractivity (Wildman–Crippen MR) is 55.7 cm³/mol. The Morgan fingerprint density at radius 2 is 1.94 bits per heavy atom. The smallest absolute Gasteiger partial charge is 1.00 e. The summed E-state index contributed by atoms with van der Waals surface area (Å²) in [7, 11) is 0. The van der Waals surface area contributed by atoms with E-state index in [1.54, 1.807) is 0 Å². The Morgan fingerprint density at radius 3 is 2.35 bits per heavy atom. The molecule has 88 valence electrons. The van der Waals surface area contributed by atoms with Gasteiger partial charge in [0.1, 0.15) is 0 Å². The van der Waals surface area contributed by atoms with Crippen molar-refractivity contribution in [3.63, 3.8) is 0 Å². The minimum Gasteiger partial charge on any atom is -1.00 e. The summed E-state index contributed by atoms with van der Waals surface area (Å²) in [6.45, 7) is 0. The molecule has 0 aliphatic heterocycles. The van der Waals surface area contributed by atoms with Gasteiger partial charge in [-0.15, -0.1) is 10.1 Å². The molecule has 0 spiro atoms. The average Bonchev–Trinajstić information content (AvgIpc) is 2.16. The molecule has 0 atom stereocenters. The molecular weight excluding hydrogens is 312 g/mol. The number of para-hydroxylation sites is 1. The molecule has 0 unspecified atom stereocenters. The summed E-state index contributed by atoms with van der Waals surface area (Å²) in [6, 6.07) is 2.97. The fourth-order valence-electron chi connectivity index (χ4n) is 1.01. The Labute approximate surface area is 133 Å². The molecule has 1 rings (SSSR count). The SMILES string of the molecule is O=C(O)c1cccc([N+](=O)[O-])c1O[N+](=O)[O-].[H-].[H-].[Sr+2]. The second kappa shape index (κ2) is 6.49. The number of nitro benzene ring substituents is 1. The summed E-state index contributed by atoms with van der Waals surface area (Å²) in [6.07, 6.45) is 0. The molecule has 0 radical (unpaired) electrons. The van der Waals surface area contributed by atoms with Gasteiger partial charge in [0.25, 0.3) is 10.8 Å². The third-order valence-electron chi connectivity index (χ3n) is 1.59. The first-order chi connectivity index (χ1) is 7.43. The van der Waals surface area contributed by atoms with Crippen LogP contribution < -0.4 is 4.84 Å². The normalized spacial score (nSPS) is 8.94. The molecule has 1 aromatic carbocycles. The summed E-state index contributed by atoms with van der Waals surface area (Å²) in [5.74, 6) is -2.45. The molecule has 0 aliphatic rings. The maximum absolute atomic E-state index is 10.7. The van der Waals surface area contributed by atoms with Crippen LogP contribution in [0.3, 0.4) is 0 Å². The Hall–Kier alpha value is -1.23. The van der Waals surface area contributed by atoms with Crippen LogP contribution in [0.2, 0.25) is 0 Å². The van der Waals surface area contributed by atoms with Gasteiger partial charge in [-0.1, -0.05) is 6.07 Å². The van der Waals surface area contributed by atoms with Gasteiger partial charge in [-0.3, -0.25) is 15.0 Å².